The molecule has 1 heterocycles. The van der Waals surface area contributed by atoms with E-state index in [4.69, 9.17) is 4.74 Å². The Morgan fingerprint density at radius 1 is 1.43 bits per heavy atom. The summed E-state index contributed by atoms with van der Waals surface area (Å²) in [4.78, 5) is 14.9. The normalized spacial score (nSPS) is 12.1. The predicted octanol–water partition coefficient (Wildman–Crippen LogP) is 2.24. The standard InChI is InChI=1S/C15H18N2O3S/c1-12-6-3-4-7-14(12)17-9-8-16-15(17)21(19)11-5-10-20-13(2)18/h3-4,6-9H,5,10-11H2,1-2H3. The number of aromatic nitrogens is 2. The molecule has 1 aromatic carbocycles. The van der Waals surface area contributed by atoms with Gasteiger partial charge in [0.05, 0.1) is 18.5 Å². The molecule has 0 N–H and O–H groups in total. The molecule has 0 saturated carbocycles. The highest BCUT2D eigenvalue weighted by molar-refractivity contribution is 7.91. The lowest BCUT2D eigenvalue weighted by atomic mass is 10.2. The van der Waals surface area contributed by atoms with Gasteiger partial charge in [-0.15, -0.1) is 0 Å². The Kier molecular flexibility index (Phi) is 5.41. The summed E-state index contributed by atoms with van der Waals surface area (Å²) in [6, 6.07) is 7.88. The van der Waals surface area contributed by atoms with Crippen LogP contribution in [-0.2, 0) is 20.7 Å². The van der Waals surface area contributed by atoms with Gasteiger partial charge in [0.1, 0.15) is 5.75 Å². The average molecular weight is 306 g/mol. The molecule has 2 aromatic rings. The lowest BCUT2D eigenvalue weighted by Crippen LogP contribution is -2.15. The summed E-state index contributed by atoms with van der Waals surface area (Å²) in [6.07, 6.45) is 4.00. The molecular weight excluding hydrogens is 288 g/mol. The van der Waals surface area contributed by atoms with Crippen molar-refractivity contribution < 1.29 is 14.1 Å². The van der Waals surface area contributed by atoms with Gasteiger partial charge in [-0.1, -0.05) is 18.2 Å². The molecule has 1 aromatic heterocycles. The summed E-state index contributed by atoms with van der Waals surface area (Å²) in [7, 11) is 0. The number of hydrogen-bond acceptors (Lipinski definition) is 4. The second-order valence-electron chi connectivity index (χ2n) is 4.61. The summed E-state index contributed by atoms with van der Waals surface area (Å²) in [5.41, 5.74) is 2.06. The van der Waals surface area contributed by atoms with Crippen molar-refractivity contribution in [1.82, 2.24) is 9.55 Å². The van der Waals surface area contributed by atoms with Gasteiger partial charge in [-0.05, 0) is 18.6 Å². The monoisotopic (exact) mass is 306 g/mol. The zero-order valence-corrected chi connectivity index (χ0v) is 12.9. The second-order valence-corrected chi connectivity index (χ2v) is 6.07. The number of hydrogen-bond donors (Lipinski definition) is 0. The van der Waals surface area contributed by atoms with Gasteiger partial charge in [-0.25, -0.2) is 0 Å². The van der Waals surface area contributed by atoms with Gasteiger partial charge in [-0.2, -0.15) is 4.98 Å². The van der Waals surface area contributed by atoms with Gasteiger partial charge in [0.25, 0.3) is 0 Å². The van der Waals surface area contributed by atoms with Gasteiger partial charge in [-0.3, -0.25) is 9.36 Å². The third kappa shape index (κ3) is 4.09. The van der Waals surface area contributed by atoms with Crippen LogP contribution in [0.4, 0.5) is 0 Å². The van der Waals surface area contributed by atoms with Crippen molar-refractivity contribution in [2.45, 2.75) is 25.4 Å². The van der Waals surface area contributed by atoms with Crippen molar-refractivity contribution in [1.29, 1.82) is 0 Å². The number of carbonyl (C=O) groups excluding carboxylic acids is 1. The summed E-state index contributed by atoms with van der Waals surface area (Å²) < 4.78 is 19.0. The predicted molar refractivity (Wildman–Crippen MR) is 80.8 cm³/mol. The van der Waals surface area contributed by atoms with E-state index >= 15 is 0 Å². The van der Waals surface area contributed by atoms with E-state index in [-0.39, 0.29) is 12.6 Å². The smallest absolute Gasteiger partial charge is 0.327 e. The van der Waals surface area contributed by atoms with E-state index in [2.05, 4.69) is 4.98 Å². The number of para-hydroxylation sites is 1. The molecule has 21 heavy (non-hydrogen) atoms. The lowest BCUT2D eigenvalue weighted by molar-refractivity contribution is -0.140. The first-order valence-corrected chi connectivity index (χ1v) is 8.02. The van der Waals surface area contributed by atoms with Crippen LogP contribution in [0, 0.1) is 6.92 Å². The fraction of sp³-hybridized carbons (Fsp3) is 0.333. The van der Waals surface area contributed by atoms with Crippen LogP contribution in [-0.4, -0.2) is 32.4 Å². The molecule has 0 aliphatic heterocycles. The van der Waals surface area contributed by atoms with Gasteiger partial charge >= 0.3 is 11.1 Å². The average Bonchev–Trinajstić information content (AvgIpc) is 2.93. The van der Waals surface area contributed by atoms with Crippen LogP contribution in [0.1, 0.15) is 18.9 Å². The summed E-state index contributed by atoms with van der Waals surface area (Å²) in [5, 5.41) is 0.520. The van der Waals surface area contributed by atoms with Crippen LogP contribution >= 0.6 is 0 Å². The van der Waals surface area contributed by atoms with Crippen molar-refractivity contribution >= 4 is 17.1 Å². The van der Waals surface area contributed by atoms with E-state index < -0.39 is 11.2 Å². The van der Waals surface area contributed by atoms with E-state index in [1.54, 1.807) is 6.20 Å². The molecule has 6 heteroatoms. The molecule has 0 spiro atoms. The highest BCUT2D eigenvalue weighted by Gasteiger charge is 2.19. The molecule has 0 aliphatic rings. The second kappa shape index (κ2) is 7.28. The third-order valence-corrected chi connectivity index (χ3v) is 4.33. The van der Waals surface area contributed by atoms with Crippen LogP contribution in [0.5, 0.6) is 0 Å². The minimum absolute atomic E-state index is 0.284. The number of rotatable bonds is 6. The Morgan fingerprint density at radius 3 is 2.90 bits per heavy atom. The Hall–Kier alpha value is -1.79. The molecule has 1 unspecified atom stereocenters. The minimum Gasteiger partial charge on any atom is -0.609 e. The van der Waals surface area contributed by atoms with E-state index in [9.17, 15) is 9.35 Å². The van der Waals surface area contributed by atoms with Crippen molar-refractivity contribution in [3.63, 3.8) is 0 Å². The zero-order chi connectivity index (χ0) is 15.2. The van der Waals surface area contributed by atoms with Crippen LogP contribution < -0.4 is 0 Å². The van der Waals surface area contributed by atoms with Crippen molar-refractivity contribution in [3.05, 3.63) is 42.2 Å². The Bertz CT molecular complexity index is 612. The van der Waals surface area contributed by atoms with E-state index in [1.165, 1.54) is 6.92 Å². The highest BCUT2D eigenvalue weighted by Crippen LogP contribution is 2.19. The van der Waals surface area contributed by atoms with Crippen LogP contribution in [0.25, 0.3) is 5.69 Å². The fourth-order valence-electron chi connectivity index (χ4n) is 1.97. The van der Waals surface area contributed by atoms with E-state index in [0.29, 0.717) is 17.3 Å². The number of nitrogens with zero attached hydrogens (tertiary/aromatic N) is 2. The van der Waals surface area contributed by atoms with Crippen molar-refractivity contribution in [2.75, 3.05) is 12.4 Å². The Labute approximate surface area is 127 Å². The molecule has 0 fully saturated rings. The number of ether oxygens (including phenoxy) is 1. The van der Waals surface area contributed by atoms with Gasteiger partial charge in [0.2, 0.25) is 0 Å². The van der Waals surface area contributed by atoms with Crippen molar-refractivity contribution in [3.8, 4) is 5.69 Å². The molecular formula is C15H18N2O3S. The Morgan fingerprint density at radius 2 is 2.19 bits per heavy atom. The lowest BCUT2D eigenvalue weighted by Gasteiger charge is -2.13. The molecule has 0 radical (unpaired) electrons. The first kappa shape index (κ1) is 15.6. The molecule has 0 aliphatic carbocycles. The molecule has 0 bridgehead atoms. The number of esters is 1. The molecule has 112 valence electrons. The maximum Gasteiger partial charge on any atom is 0.327 e. The topological polar surface area (TPSA) is 67.2 Å². The minimum atomic E-state index is -1.23. The van der Waals surface area contributed by atoms with Gasteiger partial charge < -0.3 is 9.29 Å². The quantitative estimate of drug-likeness (QED) is 0.466. The first-order valence-electron chi connectivity index (χ1n) is 6.70. The number of benzene rings is 1. The number of carbonyl (C=O) groups is 1. The highest BCUT2D eigenvalue weighted by atomic mass is 32.2. The SMILES string of the molecule is CC(=O)OCCC[S+]([O-])c1nccn1-c1ccccc1C. The maximum absolute atomic E-state index is 12.3. The zero-order valence-electron chi connectivity index (χ0n) is 12.1. The molecule has 5 nitrogen and oxygen atoms in total. The van der Waals surface area contributed by atoms with Crippen molar-refractivity contribution in [2.24, 2.45) is 0 Å². The summed E-state index contributed by atoms with van der Waals surface area (Å²) in [5.74, 6) is 0.0955. The summed E-state index contributed by atoms with van der Waals surface area (Å²) in [6.45, 7) is 3.65. The van der Waals surface area contributed by atoms with E-state index in [0.717, 1.165) is 11.3 Å². The number of aryl methyl sites for hydroxylation is 1. The van der Waals surface area contributed by atoms with Gasteiger partial charge in [0, 0.05) is 30.7 Å². The number of imidazole rings is 1. The first-order chi connectivity index (χ1) is 10.1. The largest absolute Gasteiger partial charge is 0.609 e. The van der Waals surface area contributed by atoms with Crippen LogP contribution in [0.15, 0.2) is 41.8 Å². The van der Waals surface area contributed by atoms with E-state index in [1.807, 2.05) is 42.0 Å². The maximum atomic E-state index is 12.3. The van der Waals surface area contributed by atoms with Crippen LogP contribution in [0.3, 0.4) is 0 Å². The molecule has 0 saturated heterocycles. The molecule has 0 amide bonds. The van der Waals surface area contributed by atoms with Gasteiger partial charge in [0.15, 0.2) is 0 Å². The molecule has 2 rings (SSSR count). The molecule has 1 atom stereocenters. The van der Waals surface area contributed by atoms with Crippen LogP contribution in [0.2, 0.25) is 0 Å². The fourth-order valence-corrected chi connectivity index (χ4v) is 3.09. The Balaban J connectivity index is 2.06. The third-order valence-electron chi connectivity index (χ3n) is 2.96. The summed E-state index contributed by atoms with van der Waals surface area (Å²) >= 11 is -1.23.